The second-order valence-corrected chi connectivity index (χ2v) is 2.76. The fraction of sp³-hybridized carbons (Fsp3) is 0.286. The Balaban J connectivity index is 3.28. The summed E-state index contributed by atoms with van der Waals surface area (Å²) in [6.07, 6.45) is -5.09. The molecule has 6 nitrogen and oxygen atoms in total. The maximum absolute atomic E-state index is 12.3. The van der Waals surface area contributed by atoms with Crippen molar-refractivity contribution in [2.24, 2.45) is 0 Å². The number of aromatic nitrogens is 1. The zero-order chi connectivity index (χ0) is 13.2. The third-order valence-electron chi connectivity index (χ3n) is 1.60. The predicted molar refractivity (Wildman–Crippen MR) is 45.2 cm³/mol. The van der Waals surface area contributed by atoms with Crippen molar-refractivity contribution in [1.29, 1.82) is 0 Å². The van der Waals surface area contributed by atoms with Crippen LogP contribution in [0.2, 0.25) is 0 Å². The SMILES string of the molecule is O=c1cc(OC(F)(F)F)[nH]c(CF)c1[N+](=O)[O-]. The molecule has 1 aromatic heterocycles. The summed E-state index contributed by atoms with van der Waals surface area (Å²) < 4.78 is 51.0. The van der Waals surface area contributed by atoms with E-state index in [9.17, 15) is 32.5 Å². The van der Waals surface area contributed by atoms with Crippen LogP contribution in [-0.4, -0.2) is 16.3 Å². The summed E-state index contributed by atoms with van der Waals surface area (Å²) in [5.41, 5.74) is -3.41. The first-order chi connectivity index (χ1) is 7.74. The molecule has 0 aliphatic carbocycles. The topological polar surface area (TPSA) is 85.2 Å². The van der Waals surface area contributed by atoms with E-state index in [1.807, 2.05) is 0 Å². The molecule has 0 saturated carbocycles. The Morgan fingerprint density at radius 1 is 1.47 bits per heavy atom. The Morgan fingerprint density at radius 3 is 2.47 bits per heavy atom. The van der Waals surface area contributed by atoms with Crippen LogP contribution in [0.5, 0.6) is 5.88 Å². The molecule has 0 aliphatic rings. The molecule has 10 heteroatoms. The quantitative estimate of drug-likeness (QED) is 0.506. The Kier molecular flexibility index (Phi) is 3.34. The number of ether oxygens (including phenoxy) is 1. The highest BCUT2D eigenvalue weighted by Crippen LogP contribution is 2.22. The zero-order valence-corrected chi connectivity index (χ0v) is 7.88. The smallest absolute Gasteiger partial charge is 0.390 e. The monoisotopic (exact) mass is 256 g/mol. The minimum Gasteiger partial charge on any atom is -0.390 e. The van der Waals surface area contributed by atoms with E-state index in [0.29, 0.717) is 0 Å². The fourth-order valence-electron chi connectivity index (χ4n) is 1.06. The van der Waals surface area contributed by atoms with Crippen LogP contribution in [0.3, 0.4) is 0 Å². The molecule has 0 fully saturated rings. The van der Waals surface area contributed by atoms with Gasteiger partial charge in [0.25, 0.3) is 5.43 Å². The first-order valence-corrected chi connectivity index (χ1v) is 3.97. The molecule has 0 bridgehead atoms. The summed E-state index contributed by atoms with van der Waals surface area (Å²) >= 11 is 0. The summed E-state index contributed by atoms with van der Waals surface area (Å²) in [7, 11) is 0. The van der Waals surface area contributed by atoms with Gasteiger partial charge in [-0.15, -0.1) is 13.2 Å². The maximum atomic E-state index is 12.3. The van der Waals surface area contributed by atoms with E-state index in [1.165, 1.54) is 0 Å². The Hall–Kier alpha value is -2.13. The molecule has 0 saturated heterocycles. The van der Waals surface area contributed by atoms with Crippen LogP contribution in [0.4, 0.5) is 23.2 Å². The van der Waals surface area contributed by atoms with E-state index in [-0.39, 0.29) is 6.07 Å². The molecule has 1 rings (SSSR count). The standard InChI is InChI=1S/C7H4F4N2O4/c8-2-3-6(13(15)16)4(14)1-5(12-3)17-7(9,10)11/h1H,2H2,(H,12,14). The van der Waals surface area contributed by atoms with Crippen LogP contribution in [0, 0.1) is 10.1 Å². The molecular formula is C7H4F4N2O4. The number of halogens is 4. The van der Waals surface area contributed by atoms with E-state index in [0.717, 1.165) is 0 Å². The highest BCUT2D eigenvalue weighted by Gasteiger charge is 2.33. The molecule has 94 valence electrons. The molecule has 0 radical (unpaired) electrons. The lowest BCUT2D eigenvalue weighted by Crippen LogP contribution is -2.21. The largest absolute Gasteiger partial charge is 0.574 e. The van der Waals surface area contributed by atoms with Gasteiger partial charge in [-0.2, -0.15) is 0 Å². The van der Waals surface area contributed by atoms with Gasteiger partial charge in [-0.25, -0.2) is 4.39 Å². The summed E-state index contributed by atoms with van der Waals surface area (Å²) in [5, 5.41) is 10.4. The van der Waals surface area contributed by atoms with Gasteiger partial charge in [-0.1, -0.05) is 0 Å². The first kappa shape index (κ1) is 12.9. The van der Waals surface area contributed by atoms with Gasteiger partial charge in [0.15, 0.2) is 0 Å². The lowest BCUT2D eigenvalue weighted by atomic mass is 10.3. The average Bonchev–Trinajstić information content (AvgIpc) is 2.12. The lowest BCUT2D eigenvalue weighted by molar-refractivity contribution is -0.387. The highest BCUT2D eigenvalue weighted by molar-refractivity contribution is 5.37. The zero-order valence-electron chi connectivity index (χ0n) is 7.88. The molecule has 0 atom stereocenters. The summed E-state index contributed by atoms with van der Waals surface area (Å²) in [6.45, 7) is -1.50. The molecule has 0 amide bonds. The fourth-order valence-corrected chi connectivity index (χ4v) is 1.06. The van der Waals surface area contributed by atoms with Crippen molar-refractivity contribution < 1.29 is 27.2 Å². The van der Waals surface area contributed by atoms with E-state index < -0.39 is 40.7 Å². The Morgan fingerprint density at radius 2 is 2.06 bits per heavy atom. The molecule has 0 aliphatic heterocycles. The second kappa shape index (κ2) is 4.39. The van der Waals surface area contributed by atoms with Crippen molar-refractivity contribution in [3.8, 4) is 5.88 Å². The van der Waals surface area contributed by atoms with Crippen molar-refractivity contribution in [1.82, 2.24) is 4.98 Å². The number of aromatic amines is 1. The molecule has 1 aromatic rings. The summed E-state index contributed by atoms with van der Waals surface area (Å²) in [6, 6.07) is 0.227. The van der Waals surface area contributed by atoms with Crippen LogP contribution >= 0.6 is 0 Å². The number of hydrogen-bond acceptors (Lipinski definition) is 4. The third-order valence-corrected chi connectivity index (χ3v) is 1.60. The number of H-pyrrole nitrogens is 1. The van der Waals surface area contributed by atoms with Crippen LogP contribution in [0.25, 0.3) is 0 Å². The minimum absolute atomic E-state index is 0.227. The predicted octanol–water partition coefficient (Wildman–Crippen LogP) is 1.65. The Bertz CT molecular complexity index is 496. The molecule has 17 heavy (non-hydrogen) atoms. The molecule has 1 N–H and O–H groups in total. The minimum atomic E-state index is -5.09. The summed E-state index contributed by atoms with van der Waals surface area (Å²) in [4.78, 5) is 21.9. The molecule has 0 aromatic carbocycles. The van der Waals surface area contributed by atoms with Gasteiger partial charge in [-0.05, 0) is 0 Å². The molecule has 1 heterocycles. The number of alkyl halides is 4. The van der Waals surface area contributed by atoms with E-state index in [1.54, 1.807) is 4.98 Å². The van der Waals surface area contributed by atoms with Gasteiger partial charge >= 0.3 is 12.0 Å². The van der Waals surface area contributed by atoms with Gasteiger partial charge in [0.2, 0.25) is 5.88 Å². The van der Waals surface area contributed by atoms with E-state index in [2.05, 4.69) is 4.74 Å². The summed E-state index contributed by atoms with van der Waals surface area (Å²) in [5.74, 6) is -1.11. The number of pyridine rings is 1. The van der Waals surface area contributed by atoms with Crippen molar-refractivity contribution in [2.75, 3.05) is 0 Å². The number of hydrogen-bond donors (Lipinski definition) is 1. The van der Waals surface area contributed by atoms with Gasteiger partial charge in [-0.3, -0.25) is 14.9 Å². The molecular weight excluding hydrogens is 252 g/mol. The van der Waals surface area contributed by atoms with Gasteiger partial charge < -0.3 is 9.72 Å². The highest BCUT2D eigenvalue weighted by atomic mass is 19.4. The van der Waals surface area contributed by atoms with Crippen molar-refractivity contribution in [3.63, 3.8) is 0 Å². The van der Waals surface area contributed by atoms with Gasteiger partial charge in [0.1, 0.15) is 12.4 Å². The number of nitrogens with one attached hydrogen (secondary N) is 1. The van der Waals surface area contributed by atoms with Crippen LogP contribution in [0.1, 0.15) is 5.69 Å². The second-order valence-electron chi connectivity index (χ2n) is 2.76. The number of rotatable bonds is 3. The van der Waals surface area contributed by atoms with Crippen molar-refractivity contribution in [2.45, 2.75) is 13.0 Å². The van der Waals surface area contributed by atoms with Crippen LogP contribution in [-0.2, 0) is 6.67 Å². The van der Waals surface area contributed by atoms with Crippen molar-refractivity contribution >= 4 is 5.69 Å². The first-order valence-electron chi connectivity index (χ1n) is 3.97. The average molecular weight is 256 g/mol. The van der Waals surface area contributed by atoms with Crippen molar-refractivity contribution in [3.05, 3.63) is 32.1 Å². The normalized spacial score (nSPS) is 11.3. The maximum Gasteiger partial charge on any atom is 0.574 e. The van der Waals surface area contributed by atoms with Gasteiger partial charge in [0.05, 0.1) is 11.0 Å². The van der Waals surface area contributed by atoms with Crippen LogP contribution in [0.15, 0.2) is 10.9 Å². The van der Waals surface area contributed by atoms with E-state index in [4.69, 9.17) is 0 Å². The Labute approximate surface area is 90.0 Å². The van der Waals surface area contributed by atoms with Crippen LogP contribution < -0.4 is 10.2 Å². The number of nitrogens with zero attached hydrogens (tertiary/aromatic N) is 1. The third kappa shape index (κ3) is 3.16. The van der Waals surface area contributed by atoms with E-state index >= 15 is 0 Å². The van der Waals surface area contributed by atoms with Gasteiger partial charge in [0, 0.05) is 0 Å². The molecule has 0 unspecified atom stereocenters. The molecule has 0 spiro atoms. The lowest BCUT2D eigenvalue weighted by Gasteiger charge is -2.09. The number of nitro groups is 1.